The van der Waals surface area contributed by atoms with E-state index in [1.807, 2.05) is 6.92 Å². The lowest BCUT2D eigenvalue weighted by Gasteiger charge is -2.14. The Balaban J connectivity index is 1.99. The van der Waals surface area contributed by atoms with Crippen molar-refractivity contribution in [1.82, 2.24) is 19.8 Å². The van der Waals surface area contributed by atoms with Crippen molar-refractivity contribution in [2.45, 2.75) is 26.2 Å². The van der Waals surface area contributed by atoms with Crippen LogP contribution >= 0.6 is 0 Å². The van der Waals surface area contributed by atoms with Gasteiger partial charge < -0.3 is 4.74 Å². The zero-order chi connectivity index (χ0) is 17.3. The fourth-order valence-electron chi connectivity index (χ4n) is 2.47. The van der Waals surface area contributed by atoms with Crippen molar-refractivity contribution >= 4 is 11.8 Å². The molecule has 1 aliphatic rings. The third-order valence-corrected chi connectivity index (χ3v) is 3.72. The number of aryl methyl sites for hydroxylation is 2. The summed E-state index contributed by atoms with van der Waals surface area (Å²) < 4.78 is 7.44. The predicted molar refractivity (Wildman–Crippen MR) is 83.7 cm³/mol. The van der Waals surface area contributed by atoms with Gasteiger partial charge in [-0.25, -0.2) is 9.59 Å². The van der Waals surface area contributed by atoms with Gasteiger partial charge >= 0.3 is 11.7 Å². The summed E-state index contributed by atoms with van der Waals surface area (Å²) in [5, 5.41) is 7.43. The number of aromatic nitrogens is 4. The van der Waals surface area contributed by atoms with Gasteiger partial charge in [0, 0.05) is 26.0 Å². The third kappa shape index (κ3) is 3.03. The summed E-state index contributed by atoms with van der Waals surface area (Å²) in [6, 6.07) is 4.97. The molecule has 0 N–H and O–H groups in total. The minimum absolute atomic E-state index is 0.0571. The van der Waals surface area contributed by atoms with Crippen LogP contribution in [0.5, 0.6) is 0 Å². The van der Waals surface area contributed by atoms with E-state index < -0.39 is 11.7 Å². The van der Waals surface area contributed by atoms with E-state index in [0.717, 1.165) is 14.9 Å². The van der Waals surface area contributed by atoms with E-state index in [2.05, 4.69) is 10.4 Å². The van der Waals surface area contributed by atoms with Gasteiger partial charge in [0.1, 0.15) is 5.76 Å². The summed E-state index contributed by atoms with van der Waals surface area (Å²) in [6.07, 6.45) is 3.00. The van der Waals surface area contributed by atoms with Gasteiger partial charge in [0.25, 0.3) is 0 Å². The molecule has 1 aromatic heterocycles. The number of carbonyl (C=O) groups excluding carboxylic acids is 2. The molecule has 1 aromatic carbocycles. The molecule has 0 saturated carbocycles. The minimum atomic E-state index is -0.636. The van der Waals surface area contributed by atoms with E-state index in [1.54, 1.807) is 18.2 Å². The van der Waals surface area contributed by atoms with Crippen LogP contribution in [-0.2, 0) is 16.6 Å². The first-order valence-corrected chi connectivity index (χ1v) is 7.51. The number of ketones is 1. The first-order valence-electron chi connectivity index (χ1n) is 7.51. The largest absolute Gasteiger partial charge is 0.427 e. The number of esters is 1. The normalized spacial score (nSPS) is 14.4. The van der Waals surface area contributed by atoms with Crippen LogP contribution in [0.15, 0.2) is 34.8 Å². The first-order chi connectivity index (χ1) is 11.5. The molecule has 8 nitrogen and oxygen atoms in total. The third-order valence-electron chi connectivity index (χ3n) is 3.72. The molecule has 0 bridgehead atoms. The quantitative estimate of drug-likeness (QED) is 0.782. The van der Waals surface area contributed by atoms with E-state index in [-0.39, 0.29) is 11.3 Å². The number of benzene rings is 1. The van der Waals surface area contributed by atoms with Crippen molar-refractivity contribution in [2.75, 3.05) is 0 Å². The van der Waals surface area contributed by atoms with E-state index in [4.69, 9.17) is 4.74 Å². The van der Waals surface area contributed by atoms with Crippen molar-refractivity contribution in [3.05, 3.63) is 51.6 Å². The Morgan fingerprint density at radius 3 is 2.67 bits per heavy atom. The second-order valence-corrected chi connectivity index (χ2v) is 5.64. The molecule has 0 spiro atoms. The lowest BCUT2D eigenvalue weighted by molar-refractivity contribution is -0.115. The Morgan fingerprint density at radius 1 is 1.21 bits per heavy atom. The molecule has 1 heterocycles. The molecule has 1 aliphatic carbocycles. The van der Waals surface area contributed by atoms with Gasteiger partial charge in [-0.15, -0.1) is 0 Å². The molecule has 0 atom stereocenters. The number of allylic oxidation sites excluding steroid dienone is 2. The molecule has 24 heavy (non-hydrogen) atoms. The van der Waals surface area contributed by atoms with E-state index in [1.165, 1.54) is 13.1 Å². The van der Waals surface area contributed by atoms with Gasteiger partial charge in [-0.1, -0.05) is 6.07 Å². The van der Waals surface area contributed by atoms with Crippen LogP contribution in [0.2, 0.25) is 0 Å². The number of carbonyl (C=O) groups is 2. The Labute approximate surface area is 137 Å². The molecule has 8 heteroatoms. The molecule has 0 fully saturated rings. The summed E-state index contributed by atoms with van der Waals surface area (Å²) in [4.78, 5) is 36.0. The standard InChI is InChI=1S/C16H16N4O4/c1-10-6-7-13(14(8-10)20-16(23)19(2)17-18-20)15(22)24-12-5-3-4-11(21)9-12/h6-9H,3-5H2,1-2H3. The highest BCUT2D eigenvalue weighted by atomic mass is 16.5. The minimum Gasteiger partial charge on any atom is -0.427 e. The zero-order valence-electron chi connectivity index (χ0n) is 13.4. The topological polar surface area (TPSA) is 96.1 Å². The second kappa shape index (κ2) is 6.23. The van der Waals surface area contributed by atoms with Crippen molar-refractivity contribution in [2.24, 2.45) is 7.05 Å². The average Bonchev–Trinajstić information content (AvgIpc) is 2.86. The lowest BCUT2D eigenvalue weighted by Crippen LogP contribution is -2.24. The Kier molecular flexibility index (Phi) is 4.11. The van der Waals surface area contributed by atoms with E-state index in [0.29, 0.717) is 30.7 Å². The molecular weight excluding hydrogens is 312 g/mol. The number of hydrogen-bond acceptors (Lipinski definition) is 6. The highest BCUT2D eigenvalue weighted by molar-refractivity contribution is 5.95. The van der Waals surface area contributed by atoms with Crippen LogP contribution in [0.4, 0.5) is 0 Å². The fourth-order valence-corrected chi connectivity index (χ4v) is 2.47. The second-order valence-electron chi connectivity index (χ2n) is 5.64. The fraction of sp³-hybridized carbons (Fsp3) is 0.312. The van der Waals surface area contributed by atoms with E-state index in [9.17, 15) is 14.4 Å². The van der Waals surface area contributed by atoms with Crippen molar-refractivity contribution in [3.63, 3.8) is 0 Å². The van der Waals surface area contributed by atoms with Gasteiger partial charge in [-0.3, -0.25) is 4.79 Å². The molecule has 0 unspecified atom stereocenters. The molecule has 3 rings (SSSR count). The number of nitrogens with zero attached hydrogens (tertiary/aromatic N) is 4. The highest BCUT2D eigenvalue weighted by Gasteiger charge is 2.21. The van der Waals surface area contributed by atoms with Gasteiger partial charge in [0.15, 0.2) is 5.78 Å². The summed E-state index contributed by atoms with van der Waals surface area (Å²) in [7, 11) is 1.47. The van der Waals surface area contributed by atoms with Gasteiger partial charge in [-0.05, 0) is 41.5 Å². The maximum Gasteiger partial charge on any atom is 0.368 e. The Bertz CT molecular complexity index is 907. The van der Waals surface area contributed by atoms with Crippen LogP contribution in [-0.4, -0.2) is 31.5 Å². The number of tetrazole rings is 1. The summed E-state index contributed by atoms with van der Waals surface area (Å²) in [5.41, 5.74) is 0.857. The SMILES string of the molecule is Cc1ccc(C(=O)OC2=CC(=O)CCC2)c(-n2nnn(C)c2=O)c1. The lowest BCUT2D eigenvalue weighted by atomic mass is 10.1. The number of ether oxygens (including phenoxy) is 1. The molecular formula is C16H16N4O4. The molecule has 0 aliphatic heterocycles. The Hall–Kier alpha value is -3.03. The maximum absolute atomic E-state index is 12.5. The monoisotopic (exact) mass is 328 g/mol. The van der Waals surface area contributed by atoms with Crippen molar-refractivity contribution in [1.29, 1.82) is 0 Å². The van der Waals surface area contributed by atoms with Gasteiger partial charge in [0.05, 0.1) is 11.3 Å². The van der Waals surface area contributed by atoms with Crippen molar-refractivity contribution in [3.8, 4) is 5.69 Å². The number of rotatable bonds is 3. The average molecular weight is 328 g/mol. The van der Waals surface area contributed by atoms with Crippen LogP contribution < -0.4 is 5.69 Å². The molecule has 0 radical (unpaired) electrons. The summed E-state index contributed by atoms with van der Waals surface area (Å²) in [5.74, 6) is -0.351. The summed E-state index contributed by atoms with van der Waals surface area (Å²) >= 11 is 0. The smallest absolute Gasteiger partial charge is 0.368 e. The predicted octanol–water partition coefficient (Wildman–Crippen LogP) is 1.07. The molecule has 0 amide bonds. The highest BCUT2D eigenvalue weighted by Crippen LogP contribution is 2.21. The van der Waals surface area contributed by atoms with E-state index >= 15 is 0 Å². The number of hydrogen-bond donors (Lipinski definition) is 0. The molecule has 2 aromatic rings. The van der Waals surface area contributed by atoms with Crippen LogP contribution in [0.3, 0.4) is 0 Å². The van der Waals surface area contributed by atoms with Gasteiger partial charge in [-0.2, -0.15) is 9.36 Å². The molecule has 0 saturated heterocycles. The maximum atomic E-state index is 12.5. The molecule has 124 valence electrons. The Morgan fingerprint density at radius 2 is 2.00 bits per heavy atom. The van der Waals surface area contributed by atoms with Gasteiger partial charge in [0.2, 0.25) is 0 Å². The van der Waals surface area contributed by atoms with Crippen molar-refractivity contribution < 1.29 is 14.3 Å². The van der Waals surface area contributed by atoms with Crippen LogP contribution in [0, 0.1) is 6.92 Å². The summed E-state index contributed by atoms with van der Waals surface area (Å²) in [6.45, 7) is 1.84. The first kappa shape index (κ1) is 15.9. The van der Waals surface area contributed by atoms with Crippen LogP contribution in [0.1, 0.15) is 35.2 Å². The van der Waals surface area contributed by atoms with Crippen LogP contribution in [0.25, 0.3) is 5.69 Å². The zero-order valence-corrected chi connectivity index (χ0v) is 13.4.